The summed E-state index contributed by atoms with van der Waals surface area (Å²) in [6.07, 6.45) is 7.53. The van der Waals surface area contributed by atoms with Crippen molar-refractivity contribution >= 4 is 28.3 Å². The van der Waals surface area contributed by atoms with Gasteiger partial charge in [0.25, 0.3) is 0 Å². The Bertz CT molecular complexity index is 302. The summed E-state index contributed by atoms with van der Waals surface area (Å²) >= 11 is 3.40. The van der Waals surface area contributed by atoms with Crippen LogP contribution in [0.4, 0.5) is 0 Å². The van der Waals surface area contributed by atoms with Crippen LogP contribution in [0.15, 0.2) is 22.9 Å². The molecule has 2 nitrogen and oxygen atoms in total. The first kappa shape index (κ1) is 12.0. The van der Waals surface area contributed by atoms with Crippen LogP contribution in [-0.4, -0.2) is 4.98 Å². The highest BCUT2D eigenvalue weighted by atomic mass is 79.9. The molecule has 4 heteroatoms. The Morgan fingerprint density at radius 2 is 2.14 bits per heavy atom. The monoisotopic (exact) mass is 276 g/mol. The molecule has 78 valence electrons. The summed E-state index contributed by atoms with van der Waals surface area (Å²) < 4.78 is 1.01. The first-order valence-corrected chi connectivity index (χ1v) is 5.42. The lowest BCUT2D eigenvalue weighted by Crippen LogP contribution is -2.26. The lowest BCUT2D eigenvalue weighted by atomic mass is 9.78. The minimum atomic E-state index is 0. The van der Waals surface area contributed by atoms with E-state index in [1.807, 2.05) is 6.20 Å². The maximum absolute atomic E-state index is 6.11. The fraction of sp³-hybridized carbons (Fsp3) is 0.500. The van der Waals surface area contributed by atoms with Crippen molar-refractivity contribution in [3.8, 4) is 0 Å². The molecule has 1 heterocycles. The Balaban J connectivity index is 0.000000980. The van der Waals surface area contributed by atoms with E-state index >= 15 is 0 Å². The molecule has 0 spiro atoms. The quantitative estimate of drug-likeness (QED) is 0.902. The third-order valence-electron chi connectivity index (χ3n) is 2.77. The van der Waals surface area contributed by atoms with Crippen LogP contribution in [0.2, 0.25) is 0 Å². The van der Waals surface area contributed by atoms with Gasteiger partial charge < -0.3 is 5.73 Å². The molecule has 0 bridgehead atoms. The van der Waals surface area contributed by atoms with Crippen molar-refractivity contribution in [2.24, 2.45) is 11.7 Å². The molecular formula is C10H14BrClN2. The third-order valence-corrected chi connectivity index (χ3v) is 3.20. The number of hydrogen-bond acceptors (Lipinski definition) is 2. The summed E-state index contributed by atoms with van der Waals surface area (Å²) in [5.41, 5.74) is 7.26. The van der Waals surface area contributed by atoms with Crippen molar-refractivity contribution in [3.63, 3.8) is 0 Å². The van der Waals surface area contributed by atoms with Crippen LogP contribution in [0.1, 0.15) is 30.9 Å². The Morgan fingerprint density at radius 1 is 1.43 bits per heavy atom. The van der Waals surface area contributed by atoms with Gasteiger partial charge in [0.15, 0.2) is 0 Å². The topological polar surface area (TPSA) is 38.9 Å². The fourth-order valence-electron chi connectivity index (χ4n) is 1.68. The largest absolute Gasteiger partial charge is 0.324 e. The number of halogens is 2. The molecule has 0 radical (unpaired) electrons. The van der Waals surface area contributed by atoms with E-state index in [4.69, 9.17) is 5.73 Å². The van der Waals surface area contributed by atoms with Gasteiger partial charge in [0, 0.05) is 22.9 Å². The minimum Gasteiger partial charge on any atom is -0.324 e. The van der Waals surface area contributed by atoms with Crippen molar-refractivity contribution in [2.45, 2.75) is 25.3 Å². The molecule has 0 aromatic carbocycles. The van der Waals surface area contributed by atoms with Gasteiger partial charge in [-0.2, -0.15) is 0 Å². The second kappa shape index (κ2) is 5.10. The lowest BCUT2D eigenvalue weighted by Gasteiger charge is -2.31. The highest BCUT2D eigenvalue weighted by molar-refractivity contribution is 9.10. The van der Waals surface area contributed by atoms with Gasteiger partial charge in [-0.05, 0) is 46.3 Å². The number of nitrogens with zero attached hydrogens (tertiary/aromatic N) is 1. The number of hydrogen-bond donors (Lipinski definition) is 1. The standard InChI is InChI=1S/C10H13BrN2.ClH/c11-9-4-8(5-13-6-9)10(12)7-2-1-3-7;/h4-7,10H,1-3,12H2;1H/t10-;/m0./s1. The molecule has 0 aliphatic heterocycles. The number of rotatable bonds is 2. The van der Waals surface area contributed by atoms with E-state index in [1.165, 1.54) is 19.3 Å². The van der Waals surface area contributed by atoms with Gasteiger partial charge in [0.05, 0.1) is 0 Å². The fourth-order valence-corrected chi connectivity index (χ4v) is 2.06. The zero-order chi connectivity index (χ0) is 9.26. The molecule has 0 amide bonds. The molecule has 1 aromatic rings. The molecular weight excluding hydrogens is 263 g/mol. The summed E-state index contributed by atoms with van der Waals surface area (Å²) in [6.45, 7) is 0. The van der Waals surface area contributed by atoms with Crippen LogP contribution in [0, 0.1) is 5.92 Å². The van der Waals surface area contributed by atoms with E-state index in [-0.39, 0.29) is 18.4 Å². The van der Waals surface area contributed by atoms with Crippen molar-refractivity contribution in [1.82, 2.24) is 4.98 Å². The summed E-state index contributed by atoms with van der Waals surface area (Å²) in [6, 6.07) is 2.24. The molecule has 1 atom stereocenters. The van der Waals surface area contributed by atoms with Crippen LogP contribution in [0.25, 0.3) is 0 Å². The maximum atomic E-state index is 6.11. The Labute approximate surface area is 98.8 Å². The molecule has 1 aliphatic carbocycles. The lowest BCUT2D eigenvalue weighted by molar-refractivity contribution is 0.264. The average Bonchev–Trinajstić information content (AvgIpc) is 2.01. The minimum absolute atomic E-state index is 0. The van der Waals surface area contributed by atoms with Crippen molar-refractivity contribution in [1.29, 1.82) is 0 Å². The van der Waals surface area contributed by atoms with E-state index in [2.05, 4.69) is 27.0 Å². The molecule has 1 aromatic heterocycles. The van der Waals surface area contributed by atoms with E-state index in [1.54, 1.807) is 6.20 Å². The average molecular weight is 278 g/mol. The zero-order valence-electron chi connectivity index (χ0n) is 7.82. The van der Waals surface area contributed by atoms with Gasteiger partial charge >= 0.3 is 0 Å². The van der Waals surface area contributed by atoms with Crippen LogP contribution in [0.3, 0.4) is 0 Å². The molecule has 1 aliphatic rings. The summed E-state index contributed by atoms with van der Waals surface area (Å²) in [5, 5.41) is 0. The normalized spacial score (nSPS) is 18.1. The Hall–Kier alpha value is -0.120. The first-order valence-electron chi connectivity index (χ1n) is 4.63. The predicted molar refractivity (Wildman–Crippen MR) is 63.5 cm³/mol. The van der Waals surface area contributed by atoms with Crippen molar-refractivity contribution in [2.75, 3.05) is 0 Å². The Kier molecular flexibility index (Phi) is 4.35. The second-order valence-corrected chi connectivity index (χ2v) is 4.57. The van der Waals surface area contributed by atoms with Crippen LogP contribution in [0.5, 0.6) is 0 Å². The van der Waals surface area contributed by atoms with Crippen molar-refractivity contribution in [3.05, 3.63) is 28.5 Å². The molecule has 14 heavy (non-hydrogen) atoms. The van der Waals surface area contributed by atoms with Gasteiger partial charge in [-0.3, -0.25) is 4.98 Å². The van der Waals surface area contributed by atoms with Gasteiger partial charge in [-0.15, -0.1) is 12.4 Å². The van der Waals surface area contributed by atoms with E-state index in [0.717, 1.165) is 10.0 Å². The molecule has 0 unspecified atom stereocenters. The molecule has 2 N–H and O–H groups in total. The van der Waals surface area contributed by atoms with E-state index in [9.17, 15) is 0 Å². The summed E-state index contributed by atoms with van der Waals surface area (Å²) in [7, 11) is 0. The third kappa shape index (κ3) is 2.47. The number of nitrogens with two attached hydrogens (primary N) is 1. The van der Waals surface area contributed by atoms with Crippen LogP contribution >= 0.6 is 28.3 Å². The van der Waals surface area contributed by atoms with Gasteiger partial charge in [-0.1, -0.05) is 6.42 Å². The summed E-state index contributed by atoms with van der Waals surface area (Å²) in [4.78, 5) is 4.12. The highest BCUT2D eigenvalue weighted by Gasteiger charge is 2.25. The summed E-state index contributed by atoms with van der Waals surface area (Å²) in [5.74, 6) is 0.677. The second-order valence-electron chi connectivity index (χ2n) is 3.65. The molecule has 0 saturated heterocycles. The first-order chi connectivity index (χ1) is 6.27. The molecule has 1 saturated carbocycles. The van der Waals surface area contributed by atoms with Crippen LogP contribution in [-0.2, 0) is 0 Å². The molecule has 2 rings (SSSR count). The Morgan fingerprint density at radius 3 is 2.64 bits per heavy atom. The van der Waals surface area contributed by atoms with Crippen molar-refractivity contribution < 1.29 is 0 Å². The predicted octanol–water partition coefficient (Wildman–Crippen LogP) is 3.07. The number of aromatic nitrogens is 1. The SMILES string of the molecule is Cl.N[C@H](c1cncc(Br)c1)C1CCC1. The van der Waals surface area contributed by atoms with Gasteiger partial charge in [0.2, 0.25) is 0 Å². The van der Waals surface area contributed by atoms with E-state index < -0.39 is 0 Å². The van der Waals surface area contributed by atoms with Gasteiger partial charge in [0.1, 0.15) is 0 Å². The molecule has 1 fully saturated rings. The van der Waals surface area contributed by atoms with E-state index in [0.29, 0.717) is 5.92 Å². The number of pyridine rings is 1. The van der Waals surface area contributed by atoms with Crippen LogP contribution < -0.4 is 5.73 Å². The smallest absolute Gasteiger partial charge is 0.0410 e. The zero-order valence-corrected chi connectivity index (χ0v) is 10.2. The highest BCUT2D eigenvalue weighted by Crippen LogP contribution is 2.36. The maximum Gasteiger partial charge on any atom is 0.0410 e. The van der Waals surface area contributed by atoms with Gasteiger partial charge in [-0.25, -0.2) is 0 Å².